The number of likely N-dealkylation sites (tertiary alicyclic amines) is 1. The van der Waals surface area contributed by atoms with Crippen molar-refractivity contribution >= 4 is 33.7 Å². The van der Waals surface area contributed by atoms with Crippen LogP contribution in [0, 0.1) is 6.92 Å². The smallest absolute Gasteiger partial charge is 0.322 e. The van der Waals surface area contributed by atoms with Gasteiger partial charge in [-0.3, -0.25) is 19.8 Å². The second kappa shape index (κ2) is 14.9. The standard InChI is InChI=1S/C27H40N6O7S/c1-4-5-13-41(38,39)32-23(26(35)36)15-20-14-22(40-17-20)16-29-25(34)19(3)33-11-8-21(9-12-33)30-27(37)31-24-18(2)7-6-10-28-24/h6-7,10,14,17,19,21,23,32H,4-5,8-9,11-13,15-16H2,1-3H3,(H,29,34)(H,35,36)(H2,28,30,31,37). The van der Waals surface area contributed by atoms with Crippen LogP contribution in [0.25, 0.3) is 0 Å². The quantitative estimate of drug-likeness (QED) is 0.219. The van der Waals surface area contributed by atoms with Crippen LogP contribution in [0.3, 0.4) is 0 Å². The molecule has 2 aromatic heterocycles. The molecule has 226 valence electrons. The van der Waals surface area contributed by atoms with E-state index in [-0.39, 0.29) is 36.7 Å². The summed E-state index contributed by atoms with van der Waals surface area (Å²) < 4.78 is 32.0. The second-order valence-corrected chi connectivity index (χ2v) is 12.2. The number of sulfonamides is 1. The van der Waals surface area contributed by atoms with E-state index in [4.69, 9.17) is 4.42 Å². The number of aryl methyl sites for hydroxylation is 1. The number of nitrogens with one attached hydrogen (secondary N) is 4. The normalized spacial score (nSPS) is 16.1. The van der Waals surface area contributed by atoms with Gasteiger partial charge in [0, 0.05) is 31.7 Å². The molecule has 13 nitrogen and oxygen atoms in total. The minimum atomic E-state index is -3.72. The number of carboxylic acid groups (broad SMARTS) is 1. The van der Waals surface area contributed by atoms with Crippen LogP contribution in [0.4, 0.5) is 10.6 Å². The van der Waals surface area contributed by atoms with Crippen molar-refractivity contribution in [3.63, 3.8) is 0 Å². The van der Waals surface area contributed by atoms with Crippen LogP contribution in [0.1, 0.15) is 56.4 Å². The molecule has 0 aliphatic carbocycles. The van der Waals surface area contributed by atoms with Gasteiger partial charge in [0.25, 0.3) is 0 Å². The van der Waals surface area contributed by atoms with Gasteiger partial charge in [-0.25, -0.2) is 22.9 Å². The largest absolute Gasteiger partial charge is 0.480 e. The Morgan fingerprint density at radius 2 is 1.98 bits per heavy atom. The summed E-state index contributed by atoms with van der Waals surface area (Å²) in [6.07, 6.45) is 5.40. The molecule has 5 N–H and O–H groups in total. The van der Waals surface area contributed by atoms with E-state index in [1.165, 1.54) is 6.26 Å². The summed E-state index contributed by atoms with van der Waals surface area (Å²) in [7, 11) is -3.72. The minimum Gasteiger partial charge on any atom is -0.480 e. The molecule has 1 aliphatic heterocycles. The third kappa shape index (κ3) is 10.1. The van der Waals surface area contributed by atoms with Gasteiger partial charge in [-0.15, -0.1) is 0 Å². The molecule has 2 atom stereocenters. The Hall–Kier alpha value is -3.49. The Kier molecular flexibility index (Phi) is 11.7. The highest BCUT2D eigenvalue weighted by Crippen LogP contribution is 2.16. The van der Waals surface area contributed by atoms with Gasteiger partial charge < -0.3 is 20.2 Å². The van der Waals surface area contributed by atoms with Gasteiger partial charge in [0.05, 0.1) is 24.6 Å². The monoisotopic (exact) mass is 592 g/mol. The number of carboxylic acids is 1. The van der Waals surface area contributed by atoms with Gasteiger partial charge in [-0.2, -0.15) is 0 Å². The van der Waals surface area contributed by atoms with Crippen molar-refractivity contribution in [1.82, 2.24) is 25.2 Å². The molecule has 3 rings (SSSR count). The second-order valence-electron chi connectivity index (χ2n) is 10.3. The summed E-state index contributed by atoms with van der Waals surface area (Å²) in [5.41, 5.74) is 1.38. The Balaban J connectivity index is 1.42. The first-order chi connectivity index (χ1) is 19.5. The van der Waals surface area contributed by atoms with Crippen LogP contribution < -0.4 is 20.7 Å². The fourth-order valence-corrected chi connectivity index (χ4v) is 5.92. The van der Waals surface area contributed by atoms with Crippen molar-refractivity contribution < 1.29 is 32.3 Å². The van der Waals surface area contributed by atoms with E-state index < -0.39 is 28.1 Å². The van der Waals surface area contributed by atoms with E-state index in [1.807, 2.05) is 31.7 Å². The number of hydrogen-bond acceptors (Lipinski definition) is 8. The number of urea groups is 1. The van der Waals surface area contributed by atoms with Gasteiger partial charge in [0.15, 0.2) is 0 Å². The van der Waals surface area contributed by atoms with E-state index >= 15 is 0 Å². The maximum atomic E-state index is 12.8. The number of amides is 3. The van der Waals surface area contributed by atoms with E-state index in [1.54, 1.807) is 18.3 Å². The lowest BCUT2D eigenvalue weighted by molar-refractivity contribution is -0.139. The van der Waals surface area contributed by atoms with Crippen molar-refractivity contribution in [3.8, 4) is 0 Å². The van der Waals surface area contributed by atoms with Crippen LogP contribution >= 0.6 is 0 Å². The van der Waals surface area contributed by atoms with Gasteiger partial charge in [-0.1, -0.05) is 19.4 Å². The van der Waals surface area contributed by atoms with E-state index in [0.29, 0.717) is 55.9 Å². The lowest BCUT2D eigenvalue weighted by atomic mass is 10.0. The van der Waals surface area contributed by atoms with Crippen LogP contribution in [0.2, 0.25) is 0 Å². The number of aliphatic carboxylic acids is 1. The van der Waals surface area contributed by atoms with Crippen molar-refractivity contribution in [2.24, 2.45) is 0 Å². The van der Waals surface area contributed by atoms with E-state index in [0.717, 1.165) is 5.56 Å². The molecule has 1 fully saturated rings. The number of piperidine rings is 1. The zero-order chi connectivity index (χ0) is 30.0. The summed E-state index contributed by atoms with van der Waals surface area (Å²) in [5, 5.41) is 18.0. The molecule has 0 bridgehead atoms. The van der Waals surface area contributed by atoms with Crippen molar-refractivity contribution in [1.29, 1.82) is 0 Å². The number of furan rings is 1. The Morgan fingerprint density at radius 1 is 1.24 bits per heavy atom. The SMILES string of the molecule is CCCCS(=O)(=O)NC(Cc1coc(CNC(=O)C(C)N2CCC(NC(=O)Nc3ncccc3C)CC2)c1)C(=O)O. The molecule has 1 aliphatic rings. The number of rotatable bonds is 14. The maximum absolute atomic E-state index is 12.8. The van der Waals surface area contributed by atoms with Crippen LogP contribution in [0.5, 0.6) is 0 Å². The van der Waals surface area contributed by atoms with Crippen LogP contribution in [-0.4, -0.2) is 78.3 Å². The third-order valence-electron chi connectivity index (χ3n) is 7.00. The molecule has 14 heteroatoms. The first kappa shape index (κ1) is 32.0. The van der Waals surface area contributed by atoms with Crippen molar-refractivity contribution in [2.75, 3.05) is 24.2 Å². The summed E-state index contributed by atoms with van der Waals surface area (Å²) in [4.78, 5) is 43.0. The number of pyridine rings is 1. The molecular weight excluding hydrogens is 552 g/mol. The zero-order valence-electron chi connectivity index (χ0n) is 23.7. The van der Waals surface area contributed by atoms with Crippen molar-refractivity contribution in [2.45, 2.75) is 77.5 Å². The van der Waals surface area contributed by atoms with Gasteiger partial charge in [-0.05, 0) is 56.4 Å². The van der Waals surface area contributed by atoms with Crippen molar-refractivity contribution in [3.05, 3.63) is 47.5 Å². The number of carbonyl (C=O) groups excluding carboxylic acids is 2. The highest BCUT2D eigenvalue weighted by Gasteiger charge is 2.28. The number of anilines is 1. The highest BCUT2D eigenvalue weighted by atomic mass is 32.2. The summed E-state index contributed by atoms with van der Waals surface area (Å²) >= 11 is 0. The fourth-order valence-electron chi connectivity index (χ4n) is 4.52. The molecule has 3 heterocycles. The lowest BCUT2D eigenvalue weighted by Crippen LogP contribution is -2.52. The number of unbranched alkanes of at least 4 members (excludes halogenated alkanes) is 1. The van der Waals surface area contributed by atoms with Gasteiger partial charge in [0.1, 0.15) is 17.6 Å². The fraction of sp³-hybridized carbons (Fsp3) is 0.556. The number of hydrogen-bond donors (Lipinski definition) is 5. The molecule has 0 saturated carbocycles. The third-order valence-corrected chi connectivity index (χ3v) is 8.47. The Morgan fingerprint density at radius 3 is 2.63 bits per heavy atom. The minimum absolute atomic E-state index is 0.0159. The molecule has 2 aromatic rings. The molecule has 1 saturated heterocycles. The summed E-state index contributed by atoms with van der Waals surface area (Å²) in [6.45, 7) is 6.92. The number of nitrogens with zero attached hydrogens (tertiary/aromatic N) is 2. The molecule has 0 radical (unpaired) electrons. The van der Waals surface area contributed by atoms with E-state index in [9.17, 15) is 27.9 Å². The predicted octanol–water partition coefficient (Wildman–Crippen LogP) is 1.99. The highest BCUT2D eigenvalue weighted by molar-refractivity contribution is 7.89. The van der Waals surface area contributed by atoms with E-state index in [2.05, 4.69) is 25.7 Å². The number of aromatic nitrogens is 1. The average molecular weight is 593 g/mol. The topological polar surface area (TPSA) is 183 Å². The molecule has 0 aromatic carbocycles. The molecule has 41 heavy (non-hydrogen) atoms. The predicted molar refractivity (Wildman–Crippen MR) is 153 cm³/mol. The summed E-state index contributed by atoms with van der Waals surface area (Å²) in [5.74, 6) is -0.660. The molecule has 2 unspecified atom stereocenters. The first-order valence-corrected chi connectivity index (χ1v) is 15.4. The zero-order valence-corrected chi connectivity index (χ0v) is 24.5. The van der Waals surface area contributed by atoms with Gasteiger partial charge >= 0.3 is 12.0 Å². The summed E-state index contributed by atoms with van der Waals surface area (Å²) in [6, 6.07) is 3.24. The Labute approximate surface area is 240 Å². The first-order valence-electron chi connectivity index (χ1n) is 13.8. The Bertz CT molecular complexity index is 1290. The average Bonchev–Trinajstić information content (AvgIpc) is 3.38. The van der Waals surface area contributed by atoms with Gasteiger partial charge in [0.2, 0.25) is 15.9 Å². The molecule has 3 amide bonds. The molecule has 0 spiro atoms. The molecular formula is C27H40N6O7S. The van der Waals surface area contributed by atoms with Crippen LogP contribution in [-0.2, 0) is 32.6 Å². The lowest BCUT2D eigenvalue weighted by Gasteiger charge is -2.35. The maximum Gasteiger partial charge on any atom is 0.322 e. The number of carbonyl (C=O) groups is 3. The van der Waals surface area contributed by atoms with Crippen LogP contribution in [0.15, 0.2) is 35.1 Å².